The van der Waals surface area contributed by atoms with Gasteiger partial charge in [-0.2, -0.15) is 0 Å². The van der Waals surface area contributed by atoms with Gasteiger partial charge in [0.1, 0.15) is 5.82 Å². The number of fused-ring (bicyclic) bond motifs is 1. The SMILES string of the molecule is CCCCS(=O)(=O)NCCc1ccc2c(c1)nc(C)n2C. The predicted octanol–water partition coefficient (Wildman–Crippen LogP) is 2.14. The third-order valence-electron chi connectivity index (χ3n) is 3.67. The Bertz CT molecular complexity index is 720. The van der Waals surface area contributed by atoms with E-state index >= 15 is 0 Å². The van der Waals surface area contributed by atoms with Crippen molar-refractivity contribution < 1.29 is 8.42 Å². The number of imidazole rings is 1. The Hall–Kier alpha value is -1.40. The summed E-state index contributed by atoms with van der Waals surface area (Å²) in [6.07, 6.45) is 2.27. The molecule has 5 nitrogen and oxygen atoms in total. The molecule has 0 bridgehead atoms. The summed E-state index contributed by atoms with van der Waals surface area (Å²) in [5.41, 5.74) is 3.15. The van der Waals surface area contributed by atoms with Gasteiger partial charge in [-0.15, -0.1) is 0 Å². The third-order valence-corrected chi connectivity index (χ3v) is 5.14. The maximum absolute atomic E-state index is 11.7. The monoisotopic (exact) mass is 309 g/mol. The molecule has 116 valence electrons. The lowest BCUT2D eigenvalue weighted by Crippen LogP contribution is -2.28. The fourth-order valence-electron chi connectivity index (χ4n) is 2.28. The molecule has 0 aliphatic heterocycles. The van der Waals surface area contributed by atoms with Gasteiger partial charge in [0.15, 0.2) is 0 Å². The third kappa shape index (κ3) is 4.04. The number of benzene rings is 1. The summed E-state index contributed by atoms with van der Waals surface area (Å²) >= 11 is 0. The molecule has 21 heavy (non-hydrogen) atoms. The number of aromatic nitrogens is 2. The fourth-order valence-corrected chi connectivity index (χ4v) is 3.50. The van der Waals surface area contributed by atoms with E-state index in [2.05, 4.69) is 9.71 Å². The van der Waals surface area contributed by atoms with Crippen molar-refractivity contribution >= 4 is 21.1 Å². The second-order valence-corrected chi connectivity index (χ2v) is 7.28. The summed E-state index contributed by atoms with van der Waals surface area (Å²) in [4.78, 5) is 4.49. The quantitative estimate of drug-likeness (QED) is 0.852. The van der Waals surface area contributed by atoms with E-state index in [1.165, 1.54) is 0 Å². The summed E-state index contributed by atoms with van der Waals surface area (Å²) < 4.78 is 28.1. The molecule has 1 aromatic carbocycles. The number of hydrogen-bond donors (Lipinski definition) is 1. The highest BCUT2D eigenvalue weighted by Gasteiger charge is 2.09. The zero-order chi connectivity index (χ0) is 15.5. The molecule has 2 aromatic rings. The molecule has 1 heterocycles. The largest absolute Gasteiger partial charge is 0.331 e. The van der Waals surface area contributed by atoms with E-state index in [0.29, 0.717) is 19.4 Å². The number of rotatable bonds is 7. The normalized spacial score (nSPS) is 12.1. The fraction of sp³-hybridized carbons (Fsp3) is 0.533. The summed E-state index contributed by atoms with van der Waals surface area (Å²) in [5.74, 6) is 1.18. The minimum absolute atomic E-state index is 0.210. The van der Waals surface area contributed by atoms with Crippen LogP contribution in [-0.4, -0.2) is 30.3 Å². The average molecular weight is 309 g/mol. The number of unbranched alkanes of at least 4 members (excludes halogenated alkanes) is 1. The maximum atomic E-state index is 11.7. The number of sulfonamides is 1. The minimum atomic E-state index is -3.13. The van der Waals surface area contributed by atoms with Crippen LogP contribution in [0.15, 0.2) is 18.2 Å². The van der Waals surface area contributed by atoms with Gasteiger partial charge in [0.2, 0.25) is 10.0 Å². The van der Waals surface area contributed by atoms with Gasteiger partial charge in [0.05, 0.1) is 16.8 Å². The number of nitrogens with zero attached hydrogens (tertiary/aromatic N) is 2. The molecule has 0 amide bonds. The number of hydrogen-bond acceptors (Lipinski definition) is 3. The summed E-state index contributed by atoms with van der Waals surface area (Å²) in [6.45, 7) is 4.39. The molecule has 6 heteroatoms. The van der Waals surface area contributed by atoms with Crippen LogP contribution < -0.4 is 4.72 Å². The summed E-state index contributed by atoms with van der Waals surface area (Å²) in [5, 5.41) is 0. The molecule has 0 saturated heterocycles. The predicted molar refractivity (Wildman–Crippen MR) is 85.9 cm³/mol. The lowest BCUT2D eigenvalue weighted by atomic mass is 10.1. The Labute approximate surface area is 126 Å². The van der Waals surface area contributed by atoms with Crippen molar-refractivity contribution in [1.29, 1.82) is 0 Å². The van der Waals surface area contributed by atoms with Crippen LogP contribution in [0.25, 0.3) is 11.0 Å². The first-order chi connectivity index (χ1) is 9.93. The average Bonchev–Trinajstić information content (AvgIpc) is 2.71. The van der Waals surface area contributed by atoms with Gasteiger partial charge in [-0.1, -0.05) is 19.4 Å². The standard InChI is InChI=1S/C15H23N3O2S/c1-4-5-10-21(19,20)16-9-8-13-6-7-15-14(11-13)17-12(2)18(15)3/h6-7,11,16H,4-5,8-10H2,1-3H3. The summed E-state index contributed by atoms with van der Waals surface area (Å²) in [6, 6.07) is 6.10. The van der Waals surface area contributed by atoms with Crippen molar-refractivity contribution in [2.24, 2.45) is 7.05 Å². The molecule has 0 unspecified atom stereocenters. The topological polar surface area (TPSA) is 64.0 Å². The van der Waals surface area contributed by atoms with E-state index in [9.17, 15) is 8.42 Å². The van der Waals surface area contributed by atoms with Gasteiger partial charge in [-0.3, -0.25) is 0 Å². The van der Waals surface area contributed by atoms with Gasteiger partial charge in [-0.05, 0) is 37.5 Å². The molecule has 0 fully saturated rings. The Morgan fingerprint density at radius 2 is 2.10 bits per heavy atom. The first kappa shape index (κ1) is 16.0. The van der Waals surface area contributed by atoms with Gasteiger partial charge < -0.3 is 4.57 Å². The van der Waals surface area contributed by atoms with E-state index in [0.717, 1.165) is 28.8 Å². The van der Waals surface area contributed by atoms with Crippen molar-refractivity contribution in [3.63, 3.8) is 0 Å². The first-order valence-corrected chi connectivity index (χ1v) is 8.97. The second kappa shape index (κ2) is 6.58. The molecule has 0 spiro atoms. The van der Waals surface area contributed by atoms with E-state index in [-0.39, 0.29) is 5.75 Å². The molecule has 1 aromatic heterocycles. The molecule has 0 aliphatic carbocycles. The number of nitrogens with one attached hydrogen (secondary N) is 1. The van der Waals surface area contributed by atoms with Crippen molar-refractivity contribution in [3.05, 3.63) is 29.6 Å². The van der Waals surface area contributed by atoms with Crippen LogP contribution in [-0.2, 0) is 23.5 Å². The zero-order valence-corrected chi connectivity index (χ0v) is 13.7. The Morgan fingerprint density at radius 3 is 2.81 bits per heavy atom. The number of aryl methyl sites for hydroxylation is 2. The molecule has 0 atom stereocenters. The molecule has 0 saturated carbocycles. The van der Waals surface area contributed by atoms with E-state index < -0.39 is 10.0 Å². The van der Waals surface area contributed by atoms with E-state index in [1.807, 2.05) is 43.7 Å². The van der Waals surface area contributed by atoms with Gasteiger partial charge >= 0.3 is 0 Å². The highest BCUT2D eigenvalue weighted by molar-refractivity contribution is 7.89. The highest BCUT2D eigenvalue weighted by Crippen LogP contribution is 2.16. The lowest BCUT2D eigenvalue weighted by Gasteiger charge is -2.06. The van der Waals surface area contributed by atoms with Crippen molar-refractivity contribution in [1.82, 2.24) is 14.3 Å². The van der Waals surface area contributed by atoms with Crippen molar-refractivity contribution in [2.75, 3.05) is 12.3 Å². The van der Waals surface area contributed by atoms with Crippen LogP contribution >= 0.6 is 0 Å². The Morgan fingerprint density at radius 1 is 1.33 bits per heavy atom. The van der Waals surface area contributed by atoms with Crippen LogP contribution in [0.3, 0.4) is 0 Å². The summed E-state index contributed by atoms with van der Waals surface area (Å²) in [7, 11) is -1.14. The Balaban J connectivity index is 1.98. The minimum Gasteiger partial charge on any atom is -0.331 e. The van der Waals surface area contributed by atoms with Crippen LogP contribution in [0.5, 0.6) is 0 Å². The maximum Gasteiger partial charge on any atom is 0.211 e. The van der Waals surface area contributed by atoms with Crippen molar-refractivity contribution in [2.45, 2.75) is 33.1 Å². The Kier molecular flexibility index (Phi) is 5.00. The van der Waals surface area contributed by atoms with Crippen LogP contribution in [0.4, 0.5) is 0 Å². The lowest BCUT2D eigenvalue weighted by molar-refractivity contribution is 0.578. The molecule has 2 rings (SSSR count). The molecular formula is C15H23N3O2S. The first-order valence-electron chi connectivity index (χ1n) is 7.32. The molecular weight excluding hydrogens is 286 g/mol. The molecule has 0 radical (unpaired) electrons. The molecule has 0 aliphatic rings. The van der Waals surface area contributed by atoms with Crippen LogP contribution in [0.2, 0.25) is 0 Å². The molecule has 1 N–H and O–H groups in total. The second-order valence-electron chi connectivity index (χ2n) is 5.36. The highest BCUT2D eigenvalue weighted by atomic mass is 32.2. The zero-order valence-electron chi connectivity index (χ0n) is 12.9. The smallest absolute Gasteiger partial charge is 0.211 e. The van der Waals surface area contributed by atoms with Gasteiger partial charge in [0, 0.05) is 13.6 Å². The van der Waals surface area contributed by atoms with Crippen molar-refractivity contribution in [3.8, 4) is 0 Å². The van der Waals surface area contributed by atoms with Crippen LogP contribution in [0.1, 0.15) is 31.2 Å². The van der Waals surface area contributed by atoms with E-state index in [4.69, 9.17) is 0 Å². The van der Waals surface area contributed by atoms with Crippen LogP contribution in [0, 0.1) is 6.92 Å². The van der Waals surface area contributed by atoms with Gasteiger partial charge in [0.25, 0.3) is 0 Å². The van der Waals surface area contributed by atoms with E-state index in [1.54, 1.807) is 0 Å². The van der Waals surface area contributed by atoms with Gasteiger partial charge in [-0.25, -0.2) is 18.1 Å².